The van der Waals surface area contributed by atoms with Crippen molar-refractivity contribution in [2.24, 2.45) is 5.92 Å². The zero-order valence-corrected chi connectivity index (χ0v) is 16.8. The Balaban J connectivity index is 1.75. The highest BCUT2D eigenvalue weighted by Gasteiger charge is 2.46. The highest BCUT2D eigenvalue weighted by Crippen LogP contribution is 2.48. The van der Waals surface area contributed by atoms with E-state index in [9.17, 15) is 22.8 Å². The molecule has 2 aliphatic rings. The number of carbonyl (C=O) groups excluding carboxylic acids is 2. The Hall–Kier alpha value is -2.58. The summed E-state index contributed by atoms with van der Waals surface area (Å²) in [5, 5.41) is 4.47. The normalized spacial score (nSPS) is 19.5. The molecule has 0 saturated heterocycles. The summed E-state index contributed by atoms with van der Waals surface area (Å²) in [6.07, 6.45) is -0.160. The maximum atomic E-state index is 13.9. The molecule has 2 heterocycles. The highest BCUT2D eigenvalue weighted by molar-refractivity contribution is 5.92. The molecule has 0 amide bonds. The van der Waals surface area contributed by atoms with Crippen molar-refractivity contribution in [3.05, 3.63) is 28.8 Å². The van der Waals surface area contributed by atoms with E-state index in [1.165, 1.54) is 6.92 Å². The summed E-state index contributed by atoms with van der Waals surface area (Å²) in [5.74, 6) is -1.41. The van der Waals surface area contributed by atoms with Crippen LogP contribution in [-0.4, -0.2) is 28.1 Å². The SMILES string of the molecule is CCOC(=O)c1oc2c(c1C(F)(F)F)-c1nn(CC3CCC(=O)CC3)cc1C(C)C2. The lowest BCUT2D eigenvalue weighted by Gasteiger charge is -2.20. The third-order valence-electron chi connectivity index (χ3n) is 5.88. The number of ether oxygens (including phenoxy) is 1. The maximum absolute atomic E-state index is 13.9. The molecule has 4 rings (SSSR count). The van der Waals surface area contributed by atoms with Crippen LogP contribution < -0.4 is 0 Å². The van der Waals surface area contributed by atoms with Crippen LogP contribution in [0.25, 0.3) is 11.3 Å². The number of fused-ring (bicyclic) bond motifs is 3. The Morgan fingerprint density at radius 3 is 2.67 bits per heavy atom. The number of ketones is 1. The van der Waals surface area contributed by atoms with Gasteiger partial charge in [0.05, 0.1) is 17.9 Å². The van der Waals surface area contributed by atoms with Gasteiger partial charge in [0.1, 0.15) is 17.1 Å². The van der Waals surface area contributed by atoms with Gasteiger partial charge in [0.2, 0.25) is 5.76 Å². The molecule has 6 nitrogen and oxygen atoms in total. The third-order valence-corrected chi connectivity index (χ3v) is 5.88. The second kappa shape index (κ2) is 7.59. The van der Waals surface area contributed by atoms with Gasteiger partial charge in [-0.2, -0.15) is 18.3 Å². The van der Waals surface area contributed by atoms with Gasteiger partial charge in [-0.3, -0.25) is 9.48 Å². The molecule has 2 aromatic heterocycles. The fourth-order valence-electron chi connectivity index (χ4n) is 4.40. The first-order chi connectivity index (χ1) is 14.2. The Morgan fingerprint density at radius 1 is 1.33 bits per heavy atom. The topological polar surface area (TPSA) is 74.3 Å². The van der Waals surface area contributed by atoms with E-state index in [1.54, 1.807) is 10.9 Å². The molecular formula is C21H23F3N2O4. The van der Waals surface area contributed by atoms with E-state index in [4.69, 9.17) is 9.15 Å². The van der Waals surface area contributed by atoms with Gasteiger partial charge in [-0.25, -0.2) is 4.79 Å². The number of aromatic nitrogens is 2. The van der Waals surface area contributed by atoms with Crippen molar-refractivity contribution >= 4 is 11.8 Å². The lowest BCUT2D eigenvalue weighted by molar-refractivity contribution is -0.138. The number of furan rings is 1. The van der Waals surface area contributed by atoms with Crippen molar-refractivity contribution in [3.8, 4) is 11.3 Å². The number of halogens is 3. The van der Waals surface area contributed by atoms with Gasteiger partial charge in [-0.1, -0.05) is 6.92 Å². The van der Waals surface area contributed by atoms with Crippen LogP contribution in [0.2, 0.25) is 0 Å². The van der Waals surface area contributed by atoms with Crippen molar-refractivity contribution < 1.29 is 31.9 Å². The number of hydrogen-bond donors (Lipinski definition) is 0. The number of rotatable bonds is 4. The summed E-state index contributed by atoms with van der Waals surface area (Å²) < 4.78 is 53.7. The van der Waals surface area contributed by atoms with E-state index in [1.807, 2.05) is 6.92 Å². The Kier molecular flexibility index (Phi) is 5.23. The lowest BCUT2D eigenvalue weighted by atomic mass is 9.86. The Labute approximate surface area is 171 Å². The van der Waals surface area contributed by atoms with E-state index < -0.39 is 23.5 Å². The Bertz CT molecular complexity index is 979. The second-order valence-corrected chi connectivity index (χ2v) is 8.06. The van der Waals surface area contributed by atoms with Crippen molar-refractivity contribution in [1.29, 1.82) is 0 Å². The molecule has 0 aromatic carbocycles. The number of alkyl halides is 3. The minimum atomic E-state index is -4.79. The summed E-state index contributed by atoms with van der Waals surface area (Å²) in [6.45, 7) is 3.91. The molecule has 2 aliphatic carbocycles. The zero-order chi connectivity index (χ0) is 21.6. The fraction of sp³-hybridized carbons (Fsp3) is 0.571. The molecule has 0 radical (unpaired) electrons. The smallest absolute Gasteiger partial charge is 0.421 e. The summed E-state index contributed by atoms with van der Waals surface area (Å²) in [7, 11) is 0. The highest BCUT2D eigenvalue weighted by atomic mass is 19.4. The molecule has 162 valence electrons. The number of hydrogen-bond acceptors (Lipinski definition) is 5. The van der Waals surface area contributed by atoms with E-state index in [0.717, 1.165) is 12.8 Å². The minimum Gasteiger partial charge on any atom is -0.460 e. The largest absolute Gasteiger partial charge is 0.460 e. The van der Waals surface area contributed by atoms with E-state index >= 15 is 0 Å². The van der Waals surface area contributed by atoms with Gasteiger partial charge < -0.3 is 9.15 Å². The van der Waals surface area contributed by atoms with E-state index in [2.05, 4.69) is 5.10 Å². The molecule has 1 unspecified atom stereocenters. The van der Waals surface area contributed by atoms with Crippen molar-refractivity contribution in [2.45, 2.75) is 64.6 Å². The predicted octanol–water partition coefficient (Wildman–Crippen LogP) is 4.76. The van der Waals surface area contributed by atoms with Crippen molar-refractivity contribution in [1.82, 2.24) is 9.78 Å². The standard InChI is InChI=1S/C21H23F3N2O4/c1-3-29-20(28)19-17(21(22,23)24)16-15(30-19)8-11(2)14-10-26(25-18(14)16)9-12-4-6-13(27)7-5-12/h10-12H,3-9H2,1-2H3. The molecule has 1 fully saturated rings. The molecule has 2 aromatic rings. The van der Waals surface area contributed by atoms with Gasteiger partial charge >= 0.3 is 12.1 Å². The van der Waals surface area contributed by atoms with Gasteiger partial charge in [0.25, 0.3) is 0 Å². The van der Waals surface area contributed by atoms with Crippen LogP contribution in [0, 0.1) is 5.92 Å². The quantitative estimate of drug-likeness (QED) is 0.662. The molecular weight excluding hydrogens is 401 g/mol. The Morgan fingerprint density at radius 2 is 2.03 bits per heavy atom. The molecule has 0 bridgehead atoms. The lowest BCUT2D eigenvalue weighted by Crippen LogP contribution is -2.19. The van der Waals surface area contributed by atoms with Crippen LogP contribution in [-0.2, 0) is 28.7 Å². The summed E-state index contributed by atoms with van der Waals surface area (Å²) in [4.78, 5) is 23.6. The van der Waals surface area contributed by atoms with Crippen LogP contribution >= 0.6 is 0 Å². The molecule has 9 heteroatoms. The van der Waals surface area contributed by atoms with Crippen molar-refractivity contribution in [3.63, 3.8) is 0 Å². The maximum Gasteiger partial charge on any atom is 0.421 e. The first kappa shape index (κ1) is 20.7. The monoisotopic (exact) mass is 424 g/mol. The van der Waals surface area contributed by atoms with Gasteiger partial charge in [-0.05, 0) is 31.6 Å². The second-order valence-electron chi connectivity index (χ2n) is 8.06. The first-order valence-corrected chi connectivity index (χ1v) is 10.2. The average Bonchev–Trinajstić information content (AvgIpc) is 3.25. The molecule has 0 aliphatic heterocycles. The van der Waals surface area contributed by atoms with Crippen LogP contribution in [0.5, 0.6) is 0 Å². The third kappa shape index (κ3) is 3.65. The molecule has 30 heavy (non-hydrogen) atoms. The molecule has 0 spiro atoms. The van der Waals surface area contributed by atoms with E-state index in [0.29, 0.717) is 24.9 Å². The molecule has 1 saturated carbocycles. The number of Topliss-reactive ketones (excluding diaryl/α,β-unsaturated/α-hetero) is 1. The van der Waals surface area contributed by atoms with E-state index in [-0.39, 0.29) is 47.7 Å². The van der Waals surface area contributed by atoms with Crippen LogP contribution in [0.3, 0.4) is 0 Å². The molecule has 1 atom stereocenters. The van der Waals surface area contributed by atoms with Gasteiger partial charge in [0.15, 0.2) is 0 Å². The fourth-order valence-corrected chi connectivity index (χ4v) is 4.40. The van der Waals surface area contributed by atoms with Crippen molar-refractivity contribution in [2.75, 3.05) is 6.61 Å². The van der Waals surface area contributed by atoms with Crippen LogP contribution in [0.15, 0.2) is 10.6 Å². The predicted molar refractivity (Wildman–Crippen MR) is 100.0 cm³/mol. The number of nitrogens with zero attached hydrogens (tertiary/aromatic N) is 2. The minimum absolute atomic E-state index is 0.0539. The first-order valence-electron chi connectivity index (χ1n) is 10.2. The van der Waals surface area contributed by atoms with Crippen LogP contribution in [0.4, 0.5) is 13.2 Å². The van der Waals surface area contributed by atoms with Gasteiger partial charge in [-0.15, -0.1) is 0 Å². The van der Waals surface area contributed by atoms with Crippen LogP contribution in [0.1, 0.15) is 72.9 Å². The summed E-state index contributed by atoms with van der Waals surface area (Å²) in [5.41, 5.74) is -0.354. The number of carbonyl (C=O) groups is 2. The average molecular weight is 424 g/mol. The zero-order valence-electron chi connectivity index (χ0n) is 16.8. The molecule has 0 N–H and O–H groups in total. The number of esters is 1. The summed E-state index contributed by atoms with van der Waals surface area (Å²) >= 11 is 0. The van der Waals surface area contributed by atoms with Gasteiger partial charge in [0, 0.05) is 37.6 Å². The summed E-state index contributed by atoms with van der Waals surface area (Å²) in [6, 6.07) is 0.